The highest BCUT2D eigenvalue weighted by atomic mass is 19.1. The van der Waals surface area contributed by atoms with Crippen LogP contribution in [0, 0.1) is 12.7 Å². The molecule has 2 rings (SSSR count). The first-order valence-electron chi connectivity index (χ1n) is 7.69. The summed E-state index contributed by atoms with van der Waals surface area (Å²) in [5.74, 6) is -0.949. The summed E-state index contributed by atoms with van der Waals surface area (Å²) in [4.78, 5) is 11.8. The molecular weight excluding hydrogens is 327 g/mol. The minimum atomic E-state index is -1.04. The highest BCUT2D eigenvalue weighted by Crippen LogP contribution is 2.37. The first-order chi connectivity index (χ1) is 11.9. The number of halogens is 1. The summed E-state index contributed by atoms with van der Waals surface area (Å²) in [6.45, 7) is 1.63. The van der Waals surface area contributed by atoms with Crippen molar-refractivity contribution in [3.63, 3.8) is 0 Å². The zero-order valence-corrected chi connectivity index (χ0v) is 14.6. The largest absolute Gasteiger partial charge is 0.496 e. The van der Waals surface area contributed by atoms with Crippen molar-refractivity contribution in [1.82, 2.24) is 0 Å². The topological polar surface area (TPSA) is 65.0 Å². The quantitative estimate of drug-likeness (QED) is 0.829. The molecule has 1 N–H and O–H groups in total. The van der Waals surface area contributed by atoms with Gasteiger partial charge >= 0.3 is 5.97 Å². The second kappa shape index (κ2) is 7.88. The number of carbonyl (C=O) groups is 1. The van der Waals surface area contributed by atoms with Crippen LogP contribution in [0.1, 0.15) is 22.6 Å². The normalized spacial score (nSPS) is 11.7. The fraction of sp³-hybridized carbons (Fsp3) is 0.316. The molecule has 0 aliphatic heterocycles. The predicted octanol–water partition coefficient (Wildman–Crippen LogP) is 3.57. The van der Waals surface area contributed by atoms with E-state index in [1.165, 1.54) is 27.4 Å². The maximum absolute atomic E-state index is 13.9. The average molecular weight is 348 g/mol. The van der Waals surface area contributed by atoms with Gasteiger partial charge in [-0.2, -0.15) is 0 Å². The van der Waals surface area contributed by atoms with E-state index in [0.29, 0.717) is 33.9 Å². The standard InChI is InChI=1S/C19H21FO5/c1-11-5-6-12(8-15(11)20)14(19(21)22)7-13-9-17(24-3)18(25-4)10-16(13)23-2/h5-6,8-10,14H,7H2,1-4H3,(H,21,22). The Morgan fingerprint density at radius 3 is 2.16 bits per heavy atom. The molecule has 134 valence electrons. The summed E-state index contributed by atoms with van der Waals surface area (Å²) in [6.07, 6.45) is 0.126. The van der Waals surface area contributed by atoms with Crippen molar-refractivity contribution in [2.45, 2.75) is 19.3 Å². The van der Waals surface area contributed by atoms with Gasteiger partial charge in [-0.3, -0.25) is 4.79 Å². The van der Waals surface area contributed by atoms with Gasteiger partial charge in [-0.15, -0.1) is 0 Å². The Bertz CT molecular complexity index is 773. The molecular formula is C19H21FO5. The van der Waals surface area contributed by atoms with Crippen LogP contribution in [0.5, 0.6) is 17.2 Å². The van der Waals surface area contributed by atoms with Crippen molar-refractivity contribution in [2.24, 2.45) is 0 Å². The Morgan fingerprint density at radius 1 is 1.04 bits per heavy atom. The van der Waals surface area contributed by atoms with E-state index in [1.54, 1.807) is 31.2 Å². The van der Waals surface area contributed by atoms with E-state index in [-0.39, 0.29) is 6.42 Å². The van der Waals surface area contributed by atoms with Crippen LogP contribution >= 0.6 is 0 Å². The molecule has 0 aliphatic rings. The van der Waals surface area contributed by atoms with Crippen LogP contribution < -0.4 is 14.2 Å². The summed E-state index contributed by atoms with van der Waals surface area (Å²) in [6, 6.07) is 7.79. The number of hydrogen-bond donors (Lipinski definition) is 1. The predicted molar refractivity (Wildman–Crippen MR) is 91.3 cm³/mol. The summed E-state index contributed by atoms with van der Waals surface area (Å²) < 4.78 is 29.7. The van der Waals surface area contributed by atoms with E-state index in [2.05, 4.69) is 0 Å². The third-order valence-electron chi connectivity index (χ3n) is 4.11. The van der Waals surface area contributed by atoms with Gasteiger partial charge in [0.2, 0.25) is 0 Å². The molecule has 0 bridgehead atoms. The lowest BCUT2D eigenvalue weighted by atomic mass is 9.90. The zero-order chi connectivity index (χ0) is 18.6. The third-order valence-corrected chi connectivity index (χ3v) is 4.11. The molecule has 6 heteroatoms. The summed E-state index contributed by atoms with van der Waals surface area (Å²) in [7, 11) is 4.50. The molecule has 1 atom stereocenters. The molecule has 2 aromatic rings. The molecule has 0 heterocycles. The number of ether oxygens (including phenoxy) is 3. The van der Waals surface area contributed by atoms with Gasteiger partial charge in [-0.1, -0.05) is 12.1 Å². The van der Waals surface area contributed by atoms with Crippen LogP contribution in [0.3, 0.4) is 0 Å². The molecule has 1 unspecified atom stereocenters. The lowest BCUT2D eigenvalue weighted by molar-refractivity contribution is -0.138. The zero-order valence-electron chi connectivity index (χ0n) is 14.6. The Kier molecular flexibility index (Phi) is 5.85. The van der Waals surface area contributed by atoms with E-state index in [9.17, 15) is 14.3 Å². The van der Waals surface area contributed by atoms with Gasteiger partial charge in [0.05, 0.1) is 27.2 Å². The van der Waals surface area contributed by atoms with E-state index in [1.807, 2.05) is 0 Å². The molecule has 0 aliphatic carbocycles. The minimum absolute atomic E-state index is 0.126. The second-order valence-corrected chi connectivity index (χ2v) is 5.62. The second-order valence-electron chi connectivity index (χ2n) is 5.62. The number of aliphatic carboxylic acids is 1. The number of hydrogen-bond acceptors (Lipinski definition) is 4. The Morgan fingerprint density at radius 2 is 1.64 bits per heavy atom. The average Bonchev–Trinajstić information content (AvgIpc) is 2.61. The Balaban J connectivity index is 2.45. The van der Waals surface area contributed by atoms with Crippen molar-refractivity contribution >= 4 is 5.97 Å². The lowest BCUT2D eigenvalue weighted by Crippen LogP contribution is -2.15. The van der Waals surface area contributed by atoms with Crippen molar-refractivity contribution in [1.29, 1.82) is 0 Å². The molecule has 0 amide bonds. The number of carboxylic acid groups (broad SMARTS) is 1. The Labute approximate surface area is 146 Å². The molecule has 0 fully saturated rings. The molecule has 0 saturated heterocycles. The molecule has 2 aromatic carbocycles. The summed E-state index contributed by atoms with van der Waals surface area (Å²) in [5.41, 5.74) is 1.50. The smallest absolute Gasteiger partial charge is 0.311 e. The number of rotatable bonds is 7. The summed E-state index contributed by atoms with van der Waals surface area (Å²) in [5, 5.41) is 9.62. The molecule has 0 spiro atoms. The van der Waals surface area contributed by atoms with Crippen LogP contribution in [0.25, 0.3) is 0 Å². The number of carboxylic acids is 1. The van der Waals surface area contributed by atoms with Gasteiger partial charge in [-0.05, 0) is 42.2 Å². The SMILES string of the molecule is COc1cc(OC)c(OC)cc1CC(C(=O)O)c1ccc(C)c(F)c1. The lowest BCUT2D eigenvalue weighted by Gasteiger charge is -2.18. The van der Waals surface area contributed by atoms with E-state index >= 15 is 0 Å². The number of aryl methyl sites for hydroxylation is 1. The number of benzene rings is 2. The van der Waals surface area contributed by atoms with Crippen molar-refractivity contribution in [3.8, 4) is 17.2 Å². The van der Waals surface area contributed by atoms with Crippen LogP contribution in [0.15, 0.2) is 30.3 Å². The van der Waals surface area contributed by atoms with Gasteiger partial charge in [-0.25, -0.2) is 4.39 Å². The molecule has 0 saturated carbocycles. The van der Waals surface area contributed by atoms with E-state index < -0.39 is 17.7 Å². The van der Waals surface area contributed by atoms with Crippen LogP contribution in [-0.2, 0) is 11.2 Å². The first-order valence-corrected chi connectivity index (χ1v) is 7.69. The van der Waals surface area contributed by atoms with Gasteiger partial charge < -0.3 is 19.3 Å². The monoisotopic (exact) mass is 348 g/mol. The maximum atomic E-state index is 13.9. The highest BCUT2D eigenvalue weighted by molar-refractivity contribution is 5.77. The minimum Gasteiger partial charge on any atom is -0.496 e. The first kappa shape index (κ1) is 18.6. The highest BCUT2D eigenvalue weighted by Gasteiger charge is 2.24. The maximum Gasteiger partial charge on any atom is 0.311 e. The fourth-order valence-electron chi connectivity index (χ4n) is 2.65. The van der Waals surface area contributed by atoms with Gasteiger partial charge in [0, 0.05) is 6.07 Å². The van der Waals surface area contributed by atoms with Gasteiger partial charge in [0.15, 0.2) is 11.5 Å². The van der Waals surface area contributed by atoms with E-state index in [0.717, 1.165) is 0 Å². The third kappa shape index (κ3) is 4.02. The molecule has 5 nitrogen and oxygen atoms in total. The van der Waals surface area contributed by atoms with Crippen molar-refractivity contribution < 1.29 is 28.5 Å². The van der Waals surface area contributed by atoms with Crippen molar-refractivity contribution in [3.05, 3.63) is 52.8 Å². The van der Waals surface area contributed by atoms with Crippen molar-refractivity contribution in [2.75, 3.05) is 21.3 Å². The molecule has 0 radical (unpaired) electrons. The van der Waals surface area contributed by atoms with Crippen LogP contribution in [0.4, 0.5) is 4.39 Å². The Hall–Kier alpha value is -2.76. The van der Waals surface area contributed by atoms with Crippen LogP contribution in [-0.4, -0.2) is 32.4 Å². The summed E-state index contributed by atoms with van der Waals surface area (Å²) >= 11 is 0. The van der Waals surface area contributed by atoms with Gasteiger partial charge in [0.25, 0.3) is 0 Å². The van der Waals surface area contributed by atoms with E-state index in [4.69, 9.17) is 14.2 Å². The van der Waals surface area contributed by atoms with Gasteiger partial charge in [0.1, 0.15) is 11.6 Å². The molecule has 25 heavy (non-hydrogen) atoms. The number of methoxy groups -OCH3 is 3. The fourth-order valence-corrected chi connectivity index (χ4v) is 2.65. The molecule has 0 aromatic heterocycles. The van der Waals surface area contributed by atoms with Crippen LogP contribution in [0.2, 0.25) is 0 Å².